The van der Waals surface area contributed by atoms with Crippen LogP contribution in [0.4, 0.5) is 5.69 Å². The molecule has 92 valence electrons. The van der Waals surface area contributed by atoms with Crippen LogP contribution in [0.3, 0.4) is 0 Å². The zero-order chi connectivity index (χ0) is 12.9. The van der Waals surface area contributed by atoms with Crippen molar-refractivity contribution in [3.05, 3.63) is 28.8 Å². The Kier molecular flexibility index (Phi) is 4.84. The highest BCUT2D eigenvalue weighted by Crippen LogP contribution is 2.22. The molecule has 17 heavy (non-hydrogen) atoms. The van der Waals surface area contributed by atoms with Gasteiger partial charge < -0.3 is 5.32 Å². The maximum absolute atomic E-state index is 8.89. The third-order valence-corrected chi connectivity index (χ3v) is 3.19. The van der Waals surface area contributed by atoms with Gasteiger partial charge in [0.1, 0.15) is 0 Å². The van der Waals surface area contributed by atoms with Gasteiger partial charge in [-0.2, -0.15) is 5.26 Å². The number of nitriles is 1. The first kappa shape index (κ1) is 13.9. The Hall–Kier alpha value is -1.20. The van der Waals surface area contributed by atoms with Crippen LogP contribution >= 0.6 is 11.6 Å². The number of nitrogens with one attached hydrogen (secondary N) is 1. The van der Waals surface area contributed by atoms with E-state index in [9.17, 15) is 0 Å². The lowest BCUT2D eigenvalue weighted by molar-refractivity contribution is 0.441. The normalized spacial score (nSPS) is 11.0. The van der Waals surface area contributed by atoms with Gasteiger partial charge in [0, 0.05) is 17.3 Å². The fourth-order valence-electron chi connectivity index (χ4n) is 1.52. The Bertz CT molecular complexity index is 419. The van der Waals surface area contributed by atoms with Crippen LogP contribution in [-0.2, 0) is 0 Å². The molecule has 0 aromatic heterocycles. The van der Waals surface area contributed by atoms with Crippen molar-refractivity contribution in [2.45, 2.75) is 33.6 Å². The lowest BCUT2D eigenvalue weighted by Crippen LogP contribution is -2.11. The Morgan fingerprint density at radius 2 is 2.12 bits per heavy atom. The van der Waals surface area contributed by atoms with E-state index < -0.39 is 0 Å². The van der Waals surface area contributed by atoms with Gasteiger partial charge in [-0.25, -0.2) is 0 Å². The second kappa shape index (κ2) is 5.93. The summed E-state index contributed by atoms with van der Waals surface area (Å²) in [5.74, 6) is 0. The molecule has 1 aromatic rings. The van der Waals surface area contributed by atoms with E-state index in [2.05, 4.69) is 11.4 Å². The van der Waals surface area contributed by atoms with Crippen molar-refractivity contribution in [1.82, 2.24) is 0 Å². The van der Waals surface area contributed by atoms with Crippen molar-refractivity contribution in [1.29, 1.82) is 5.26 Å². The van der Waals surface area contributed by atoms with E-state index in [0.717, 1.165) is 35.7 Å². The Balaban J connectivity index is 2.37. The average molecular weight is 251 g/mol. The molecule has 2 nitrogen and oxygen atoms in total. The molecule has 0 radical (unpaired) electrons. The quantitative estimate of drug-likeness (QED) is 0.787. The number of halogens is 1. The summed E-state index contributed by atoms with van der Waals surface area (Å²) in [5.41, 5.74) is 1.89. The Morgan fingerprint density at radius 3 is 2.71 bits per heavy atom. The zero-order valence-electron chi connectivity index (χ0n) is 10.7. The molecule has 0 saturated heterocycles. The number of hydrogen-bond donors (Lipinski definition) is 1. The molecule has 0 spiro atoms. The maximum atomic E-state index is 8.89. The highest BCUT2D eigenvalue weighted by atomic mass is 35.5. The number of aryl methyl sites for hydroxylation is 1. The molecule has 0 heterocycles. The monoisotopic (exact) mass is 250 g/mol. The van der Waals surface area contributed by atoms with Gasteiger partial charge in [-0.15, -0.1) is 0 Å². The molecular formula is C14H19ClN2. The van der Waals surface area contributed by atoms with Crippen LogP contribution < -0.4 is 5.32 Å². The zero-order valence-corrected chi connectivity index (χ0v) is 11.4. The van der Waals surface area contributed by atoms with Crippen LogP contribution in [0, 0.1) is 23.7 Å². The van der Waals surface area contributed by atoms with Crippen LogP contribution in [0.15, 0.2) is 18.2 Å². The Morgan fingerprint density at radius 1 is 1.41 bits per heavy atom. The Labute approximate surface area is 109 Å². The van der Waals surface area contributed by atoms with Crippen molar-refractivity contribution in [2.75, 3.05) is 11.9 Å². The summed E-state index contributed by atoms with van der Waals surface area (Å²) in [6.07, 6.45) is 1.88. The second-order valence-corrected chi connectivity index (χ2v) is 5.40. The minimum absolute atomic E-state index is 0.230. The third-order valence-electron chi connectivity index (χ3n) is 2.78. The molecule has 0 atom stereocenters. The van der Waals surface area contributed by atoms with E-state index in [1.165, 1.54) is 0 Å². The first-order valence-corrected chi connectivity index (χ1v) is 6.24. The molecule has 1 aromatic carbocycles. The molecule has 1 rings (SSSR count). The van der Waals surface area contributed by atoms with E-state index in [-0.39, 0.29) is 5.41 Å². The highest BCUT2D eigenvalue weighted by molar-refractivity contribution is 6.31. The summed E-state index contributed by atoms with van der Waals surface area (Å²) < 4.78 is 0. The summed E-state index contributed by atoms with van der Waals surface area (Å²) in [7, 11) is 0. The van der Waals surface area contributed by atoms with E-state index in [1.54, 1.807) is 0 Å². The minimum Gasteiger partial charge on any atom is -0.385 e. The number of benzene rings is 1. The summed E-state index contributed by atoms with van der Waals surface area (Å²) in [4.78, 5) is 0. The van der Waals surface area contributed by atoms with E-state index >= 15 is 0 Å². The molecular weight excluding hydrogens is 232 g/mol. The number of nitrogens with zero attached hydrogens (tertiary/aromatic N) is 1. The number of anilines is 1. The maximum Gasteiger partial charge on any atom is 0.0683 e. The molecule has 0 unspecified atom stereocenters. The van der Waals surface area contributed by atoms with Crippen LogP contribution in [0.2, 0.25) is 5.02 Å². The van der Waals surface area contributed by atoms with Gasteiger partial charge in [0.15, 0.2) is 0 Å². The van der Waals surface area contributed by atoms with E-state index in [1.807, 2.05) is 39.0 Å². The van der Waals surface area contributed by atoms with Crippen molar-refractivity contribution in [3.8, 4) is 6.07 Å². The average Bonchev–Trinajstić information content (AvgIpc) is 2.29. The summed E-state index contributed by atoms with van der Waals surface area (Å²) in [5, 5.41) is 13.0. The van der Waals surface area contributed by atoms with Crippen LogP contribution in [0.1, 0.15) is 32.3 Å². The van der Waals surface area contributed by atoms with E-state index in [4.69, 9.17) is 16.9 Å². The van der Waals surface area contributed by atoms with E-state index in [0.29, 0.717) is 0 Å². The molecule has 0 aliphatic rings. The molecule has 0 saturated carbocycles. The number of rotatable bonds is 5. The largest absolute Gasteiger partial charge is 0.385 e. The van der Waals surface area contributed by atoms with Crippen molar-refractivity contribution < 1.29 is 0 Å². The van der Waals surface area contributed by atoms with Crippen LogP contribution in [0.5, 0.6) is 0 Å². The first-order valence-electron chi connectivity index (χ1n) is 5.86. The van der Waals surface area contributed by atoms with Crippen molar-refractivity contribution in [2.24, 2.45) is 5.41 Å². The molecule has 0 aliphatic heterocycles. The predicted molar refractivity (Wildman–Crippen MR) is 73.3 cm³/mol. The summed E-state index contributed by atoms with van der Waals surface area (Å²) >= 11 is 6.04. The van der Waals surface area contributed by atoms with Gasteiger partial charge >= 0.3 is 0 Å². The fourth-order valence-corrected chi connectivity index (χ4v) is 1.70. The molecule has 0 aliphatic carbocycles. The second-order valence-electron chi connectivity index (χ2n) is 4.99. The first-order chi connectivity index (χ1) is 7.94. The lowest BCUT2D eigenvalue weighted by atomic mass is 9.90. The van der Waals surface area contributed by atoms with Gasteiger partial charge in [0.2, 0.25) is 0 Å². The molecule has 1 N–H and O–H groups in total. The molecule has 0 bridgehead atoms. The standard InChI is InChI=1S/C14H19ClN2/c1-11-5-6-12(9-13(11)15)17-8-4-7-14(2,3)10-16/h5-6,9,17H,4,7-8H2,1-3H3. The van der Waals surface area contributed by atoms with Crippen LogP contribution in [0.25, 0.3) is 0 Å². The summed E-state index contributed by atoms with van der Waals surface area (Å²) in [6, 6.07) is 8.27. The van der Waals surface area contributed by atoms with Gasteiger partial charge in [-0.3, -0.25) is 0 Å². The van der Waals surface area contributed by atoms with Gasteiger partial charge in [-0.1, -0.05) is 17.7 Å². The predicted octanol–water partition coefficient (Wildman–Crippen LogP) is 4.39. The fraction of sp³-hybridized carbons (Fsp3) is 0.500. The van der Waals surface area contributed by atoms with Crippen LogP contribution in [-0.4, -0.2) is 6.54 Å². The summed E-state index contributed by atoms with van der Waals surface area (Å²) in [6.45, 7) is 6.79. The minimum atomic E-state index is -0.230. The van der Waals surface area contributed by atoms with Gasteiger partial charge in [0.25, 0.3) is 0 Å². The van der Waals surface area contributed by atoms with Gasteiger partial charge in [0.05, 0.1) is 11.5 Å². The smallest absolute Gasteiger partial charge is 0.0683 e. The topological polar surface area (TPSA) is 35.8 Å². The third kappa shape index (κ3) is 4.66. The molecule has 0 fully saturated rings. The van der Waals surface area contributed by atoms with Crippen molar-refractivity contribution >= 4 is 17.3 Å². The molecule has 3 heteroatoms. The molecule has 0 amide bonds. The highest BCUT2D eigenvalue weighted by Gasteiger charge is 2.15. The van der Waals surface area contributed by atoms with Gasteiger partial charge in [-0.05, 0) is 51.3 Å². The number of hydrogen-bond acceptors (Lipinski definition) is 2. The SMILES string of the molecule is Cc1ccc(NCCCC(C)(C)C#N)cc1Cl. The lowest BCUT2D eigenvalue weighted by Gasteiger charge is -2.15. The van der Waals surface area contributed by atoms with Crippen molar-refractivity contribution in [3.63, 3.8) is 0 Å².